The highest BCUT2D eigenvalue weighted by Crippen LogP contribution is 2.34. The monoisotopic (exact) mass is 436 g/mol. The zero-order chi connectivity index (χ0) is 21.8. The molecule has 0 amide bonds. The molecule has 3 aromatic carbocycles. The van der Waals surface area contributed by atoms with Gasteiger partial charge in [0.15, 0.2) is 11.5 Å². The van der Waals surface area contributed by atoms with Gasteiger partial charge >= 0.3 is 0 Å². The van der Waals surface area contributed by atoms with Crippen molar-refractivity contribution in [1.29, 1.82) is 0 Å². The number of nitrogens with zero attached hydrogens (tertiary/aromatic N) is 2. The van der Waals surface area contributed by atoms with Crippen LogP contribution in [0.1, 0.15) is 0 Å². The van der Waals surface area contributed by atoms with E-state index in [1.54, 1.807) is 80.9 Å². The number of nitrogens with one attached hydrogen (secondary N) is 2. The second kappa shape index (κ2) is 8.49. The van der Waals surface area contributed by atoms with E-state index >= 15 is 0 Å². The molecular formula is C22H20N4O4S. The number of methoxy groups -OCH3 is 2. The minimum absolute atomic E-state index is 0.203. The molecule has 1 aromatic heterocycles. The van der Waals surface area contributed by atoms with Gasteiger partial charge in [0.25, 0.3) is 10.0 Å². The van der Waals surface area contributed by atoms with E-state index in [1.807, 2.05) is 0 Å². The van der Waals surface area contributed by atoms with Crippen LogP contribution < -0.4 is 19.5 Å². The molecule has 0 bridgehead atoms. The first kappa shape index (κ1) is 20.4. The van der Waals surface area contributed by atoms with Gasteiger partial charge in [-0.1, -0.05) is 18.2 Å². The summed E-state index contributed by atoms with van der Waals surface area (Å²) in [4.78, 5) is 8.81. The molecule has 8 nitrogen and oxygen atoms in total. The zero-order valence-electron chi connectivity index (χ0n) is 16.9. The molecule has 9 heteroatoms. The molecule has 0 aliphatic carbocycles. The largest absolute Gasteiger partial charge is 0.493 e. The average molecular weight is 436 g/mol. The molecule has 0 radical (unpaired) electrons. The second-order valence-electron chi connectivity index (χ2n) is 6.57. The first-order chi connectivity index (χ1) is 15.0. The molecule has 2 N–H and O–H groups in total. The smallest absolute Gasteiger partial charge is 0.261 e. The van der Waals surface area contributed by atoms with Crippen molar-refractivity contribution in [3.63, 3.8) is 0 Å². The number of hydrogen-bond donors (Lipinski definition) is 2. The molecule has 1 heterocycles. The molecular weight excluding hydrogens is 416 g/mol. The quantitative estimate of drug-likeness (QED) is 0.448. The maximum atomic E-state index is 12.5. The molecule has 0 fully saturated rings. The van der Waals surface area contributed by atoms with Crippen LogP contribution in [0, 0.1) is 0 Å². The van der Waals surface area contributed by atoms with Crippen LogP contribution in [0.25, 0.3) is 10.9 Å². The van der Waals surface area contributed by atoms with Crippen LogP contribution in [0.4, 0.5) is 17.2 Å². The lowest BCUT2D eigenvalue weighted by atomic mass is 10.2. The third-order valence-electron chi connectivity index (χ3n) is 4.59. The van der Waals surface area contributed by atoms with E-state index < -0.39 is 10.0 Å². The summed E-state index contributed by atoms with van der Waals surface area (Å²) in [7, 11) is -0.513. The maximum absolute atomic E-state index is 12.5. The molecule has 158 valence electrons. The summed E-state index contributed by atoms with van der Waals surface area (Å²) in [5.74, 6) is 1.73. The molecule has 31 heavy (non-hydrogen) atoms. The summed E-state index contributed by atoms with van der Waals surface area (Å²) in [5.41, 5.74) is 1.88. The number of fused-ring (bicyclic) bond motifs is 1. The molecule has 0 aliphatic rings. The van der Waals surface area contributed by atoms with Crippen molar-refractivity contribution in [3.8, 4) is 11.5 Å². The number of hydrogen-bond acceptors (Lipinski definition) is 7. The Morgan fingerprint density at radius 2 is 1.45 bits per heavy atom. The highest BCUT2D eigenvalue weighted by atomic mass is 32.2. The maximum Gasteiger partial charge on any atom is 0.261 e. The lowest BCUT2D eigenvalue weighted by Gasteiger charge is -2.13. The Morgan fingerprint density at radius 3 is 2.13 bits per heavy atom. The Labute approximate surface area is 179 Å². The van der Waals surface area contributed by atoms with Gasteiger partial charge in [0.05, 0.1) is 24.6 Å². The predicted octanol–water partition coefficient (Wildman–Crippen LogP) is 4.19. The van der Waals surface area contributed by atoms with Crippen LogP contribution >= 0.6 is 0 Å². The van der Waals surface area contributed by atoms with Crippen molar-refractivity contribution in [1.82, 2.24) is 9.97 Å². The van der Waals surface area contributed by atoms with Crippen molar-refractivity contribution < 1.29 is 17.9 Å². The number of sulfonamides is 1. The van der Waals surface area contributed by atoms with E-state index in [-0.39, 0.29) is 4.90 Å². The van der Waals surface area contributed by atoms with Crippen LogP contribution in [0.3, 0.4) is 0 Å². The van der Waals surface area contributed by atoms with Crippen molar-refractivity contribution in [3.05, 3.63) is 73.1 Å². The molecule has 0 aliphatic heterocycles. The van der Waals surface area contributed by atoms with Gasteiger partial charge in [0.1, 0.15) is 12.1 Å². The normalized spacial score (nSPS) is 11.2. The summed E-state index contributed by atoms with van der Waals surface area (Å²) in [6, 6.07) is 18.7. The lowest BCUT2D eigenvalue weighted by molar-refractivity contribution is 0.356. The predicted molar refractivity (Wildman–Crippen MR) is 120 cm³/mol. The summed E-state index contributed by atoms with van der Waals surface area (Å²) in [5, 5.41) is 3.99. The number of ether oxygens (including phenoxy) is 2. The van der Waals surface area contributed by atoms with Crippen molar-refractivity contribution >= 4 is 38.1 Å². The van der Waals surface area contributed by atoms with E-state index in [2.05, 4.69) is 20.0 Å². The van der Waals surface area contributed by atoms with E-state index in [0.29, 0.717) is 28.5 Å². The van der Waals surface area contributed by atoms with Crippen LogP contribution in [0.2, 0.25) is 0 Å². The van der Waals surface area contributed by atoms with E-state index in [0.717, 1.165) is 11.1 Å². The van der Waals surface area contributed by atoms with Gasteiger partial charge in [0, 0.05) is 22.8 Å². The number of rotatable bonds is 7. The Morgan fingerprint density at radius 1 is 0.806 bits per heavy atom. The Kier molecular flexibility index (Phi) is 5.59. The molecule has 4 aromatic rings. The topological polar surface area (TPSA) is 102 Å². The summed E-state index contributed by atoms with van der Waals surface area (Å²) >= 11 is 0. The van der Waals surface area contributed by atoms with Crippen LogP contribution in [0.15, 0.2) is 78.0 Å². The van der Waals surface area contributed by atoms with Gasteiger partial charge in [0.2, 0.25) is 0 Å². The number of anilines is 3. The van der Waals surface area contributed by atoms with Crippen LogP contribution in [0.5, 0.6) is 11.5 Å². The highest BCUT2D eigenvalue weighted by Gasteiger charge is 2.14. The fourth-order valence-electron chi connectivity index (χ4n) is 3.05. The number of benzene rings is 3. The Hall–Kier alpha value is -3.85. The first-order valence-electron chi connectivity index (χ1n) is 9.32. The fraction of sp³-hybridized carbons (Fsp3) is 0.0909. The minimum atomic E-state index is -3.64. The molecule has 0 unspecified atom stereocenters. The van der Waals surface area contributed by atoms with Gasteiger partial charge < -0.3 is 14.8 Å². The van der Waals surface area contributed by atoms with Gasteiger partial charge in [-0.3, -0.25) is 4.72 Å². The summed E-state index contributed by atoms with van der Waals surface area (Å²) in [6.45, 7) is 0. The lowest BCUT2D eigenvalue weighted by Crippen LogP contribution is -2.12. The molecule has 0 atom stereocenters. The Bertz CT molecular complexity index is 1310. The third kappa shape index (κ3) is 4.36. The van der Waals surface area contributed by atoms with Crippen molar-refractivity contribution in [2.24, 2.45) is 0 Å². The first-order valence-corrected chi connectivity index (χ1v) is 10.8. The zero-order valence-corrected chi connectivity index (χ0v) is 17.7. The standard InChI is InChI=1S/C22H20N4O4S/c1-29-20-12-18-19(13-21(20)30-2)23-14-24-22(18)25-15-8-10-16(11-9-15)26-31(27,28)17-6-4-3-5-7-17/h3-14,26H,1-2H3,(H,23,24,25). The number of aromatic nitrogens is 2. The van der Waals surface area contributed by atoms with Crippen LogP contribution in [-0.2, 0) is 10.0 Å². The van der Waals surface area contributed by atoms with E-state index in [9.17, 15) is 8.42 Å². The SMILES string of the molecule is COc1cc2ncnc(Nc3ccc(NS(=O)(=O)c4ccccc4)cc3)c2cc1OC. The molecule has 4 rings (SSSR count). The van der Waals surface area contributed by atoms with E-state index in [1.165, 1.54) is 6.33 Å². The second-order valence-corrected chi connectivity index (χ2v) is 8.25. The van der Waals surface area contributed by atoms with Gasteiger partial charge in [-0.2, -0.15) is 0 Å². The molecule has 0 spiro atoms. The van der Waals surface area contributed by atoms with Gasteiger partial charge in [-0.05, 0) is 42.5 Å². The minimum Gasteiger partial charge on any atom is -0.493 e. The molecule has 0 saturated carbocycles. The van der Waals surface area contributed by atoms with Crippen molar-refractivity contribution in [2.45, 2.75) is 4.90 Å². The van der Waals surface area contributed by atoms with Gasteiger partial charge in [-0.25, -0.2) is 18.4 Å². The Balaban J connectivity index is 1.58. The summed E-state index contributed by atoms with van der Waals surface area (Å²) < 4.78 is 38.2. The highest BCUT2D eigenvalue weighted by molar-refractivity contribution is 7.92. The fourth-order valence-corrected chi connectivity index (χ4v) is 4.13. The average Bonchev–Trinajstić information content (AvgIpc) is 2.80. The van der Waals surface area contributed by atoms with E-state index in [4.69, 9.17) is 9.47 Å². The molecule has 0 saturated heterocycles. The summed E-state index contributed by atoms with van der Waals surface area (Å²) in [6.07, 6.45) is 1.46. The van der Waals surface area contributed by atoms with Crippen molar-refractivity contribution in [2.75, 3.05) is 24.3 Å². The third-order valence-corrected chi connectivity index (χ3v) is 5.99. The van der Waals surface area contributed by atoms with Crippen LogP contribution in [-0.4, -0.2) is 32.6 Å². The van der Waals surface area contributed by atoms with Gasteiger partial charge in [-0.15, -0.1) is 0 Å².